The second-order valence-electron chi connectivity index (χ2n) is 2.10. The van der Waals surface area contributed by atoms with E-state index in [-0.39, 0.29) is 0 Å². The lowest BCUT2D eigenvalue weighted by molar-refractivity contribution is 1.05. The number of hydrogen-bond donors (Lipinski definition) is 1. The van der Waals surface area contributed by atoms with Crippen molar-refractivity contribution in [2.24, 2.45) is 16.2 Å². The molecule has 0 aliphatic carbocycles. The van der Waals surface area contributed by atoms with Gasteiger partial charge in [-0.25, -0.2) is 0 Å². The molecule has 0 fully saturated rings. The number of nitrogens with zero attached hydrogens (tertiary/aromatic N) is 2. The number of hydrogen-bond acceptors (Lipinski definition) is 2. The topological polar surface area (TPSA) is 50.7 Å². The third-order valence-corrected chi connectivity index (χ3v) is 1.81. The fourth-order valence-electron chi connectivity index (χ4n) is 0.767. The maximum atomic E-state index is 5.81. The first-order valence-corrected chi connectivity index (χ1v) is 3.49. The van der Waals surface area contributed by atoms with Gasteiger partial charge in [-0.1, -0.05) is 22.9 Å². The normalized spacial score (nSPS) is 10.7. The van der Waals surface area contributed by atoms with Crippen molar-refractivity contribution >= 4 is 17.3 Å². The summed E-state index contributed by atoms with van der Waals surface area (Å²) in [4.78, 5) is 0. The van der Waals surface area contributed by atoms with E-state index in [1.807, 2.05) is 6.92 Å². The van der Waals surface area contributed by atoms with E-state index in [4.69, 9.17) is 17.4 Å². The number of halogens is 1. The molecule has 11 heavy (non-hydrogen) atoms. The Morgan fingerprint density at radius 1 is 1.45 bits per heavy atom. The molecular formula is C7H8ClN3. The van der Waals surface area contributed by atoms with Crippen molar-refractivity contribution in [3.05, 3.63) is 28.8 Å². The standard InChI is InChI=1S/C7H8ClN3/c1-5-6(8)3-2-4-7(5)10-11-9/h2-4H,1H3,(H2,9,10). The van der Waals surface area contributed by atoms with Gasteiger partial charge in [0.1, 0.15) is 0 Å². The Labute approximate surface area is 69.9 Å². The molecule has 4 heteroatoms. The molecule has 0 spiro atoms. The quantitative estimate of drug-likeness (QED) is 0.392. The van der Waals surface area contributed by atoms with Crippen molar-refractivity contribution in [1.82, 2.24) is 0 Å². The van der Waals surface area contributed by atoms with Gasteiger partial charge >= 0.3 is 0 Å². The summed E-state index contributed by atoms with van der Waals surface area (Å²) in [6, 6.07) is 5.41. The molecule has 58 valence electrons. The first-order chi connectivity index (χ1) is 5.25. The molecule has 0 saturated heterocycles. The Hall–Kier alpha value is -1.09. The lowest BCUT2D eigenvalue weighted by atomic mass is 10.2. The molecule has 0 aliphatic rings. The van der Waals surface area contributed by atoms with Gasteiger partial charge in [0.15, 0.2) is 0 Å². The first kappa shape index (κ1) is 8.01. The van der Waals surface area contributed by atoms with Crippen molar-refractivity contribution in [3.8, 4) is 0 Å². The molecule has 0 aromatic heterocycles. The Morgan fingerprint density at radius 3 is 2.82 bits per heavy atom. The fraction of sp³-hybridized carbons (Fsp3) is 0.143. The van der Waals surface area contributed by atoms with E-state index in [2.05, 4.69) is 10.3 Å². The van der Waals surface area contributed by atoms with E-state index in [1.54, 1.807) is 18.2 Å². The van der Waals surface area contributed by atoms with Crippen LogP contribution in [0.3, 0.4) is 0 Å². The second-order valence-corrected chi connectivity index (χ2v) is 2.51. The van der Waals surface area contributed by atoms with Crippen LogP contribution in [0.1, 0.15) is 5.56 Å². The lowest BCUT2D eigenvalue weighted by Crippen LogP contribution is -1.78. The Bertz CT molecular complexity index is 283. The summed E-state index contributed by atoms with van der Waals surface area (Å²) in [7, 11) is 0. The number of nitrogens with two attached hydrogens (primary N) is 1. The van der Waals surface area contributed by atoms with Crippen LogP contribution in [0, 0.1) is 6.92 Å². The molecule has 1 aromatic rings. The average Bonchev–Trinajstić information content (AvgIpc) is 1.99. The van der Waals surface area contributed by atoms with Crippen molar-refractivity contribution in [2.75, 3.05) is 0 Å². The summed E-state index contributed by atoms with van der Waals surface area (Å²) >= 11 is 5.81. The van der Waals surface area contributed by atoms with Crippen molar-refractivity contribution in [3.63, 3.8) is 0 Å². The van der Waals surface area contributed by atoms with E-state index in [1.165, 1.54) is 0 Å². The molecule has 0 bridgehead atoms. The largest absolute Gasteiger partial charge is 0.305 e. The van der Waals surface area contributed by atoms with Crippen molar-refractivity contribution < 1.29 is 0 Å². The fourth-order valence-corrected chi connectivity index (χ4v) is 0.936. The molecule has 0 amide bonds. The van der Waals surface area contributed by atoms with Gasteiger partial charge in [0.25, 0.3) is 0 Å². The van der Waals surface area contributed by atoms with Crippen LogP contribution in [0.5, 0.6) is 0 Å². The maximum absolute atomic E-state index is 5.81. The van der Waals surface area contributed by atoms with E-state index in [9.17, 15) is 0 Å². The van der Waals surface area contributed by atoms with Gasteiger partial charge in [-0.05, 0) is 24.6 Å². The molecule has 0 saturated carbocycles. The van der Waals surface area contributed by atoms with Gasteiger partial charge in [0, 0.05) is 5.02 Å². The Morgan fingerprint density at radius 2 is 2.18 bits per heavy atom. The minimum absolute atomic E-state index is 0.676. The molecule has 3 nitrogen and oxygen atoms in total. The summed E-state index contributed by atoms with van der Waals surface area (Å²) in [5.74, 6) is 4.89. The highest BCUT2D eigenvalue weighted by Crippen LogP contribution is 2.25. The number of rotatable bonds is 1. The summed E-state index contributed by atoms with van der Waals surface area (Å²) in [5, 5.41) is 7.54. The van der Waals surface area contributed by atoms with Gasteiger partial charge in [-0.3, -0.25) is 0 Å². The highest BCUT2D eigenvalue weighted by molar-refractivity contribution is 6.31. The predicted octanol–water partition coefficient (Wildman–Crippen LogP) is 2.61. The van der Waals surface area contributed by atoms with E-state index in [0.717, 1.165) is 5.56 Å². The van der Waals surface area contributed by atoms with Crippen LogP contribution in [0.4, 0.5) is 5.69 Å². The summed E-state index contributed by atoms with van der Waals surface area (Å²) < 4.78 is 0. The highest BCUT2D eigenvalue weighted by atomic mass is 35.5. The summed E-state index contributed by atoms with van der Waals surface area (Å²) in [6.07, 6.45) is 0. The second kappa shape index (κ2) is 3.34. The molecule has 0 aliphatic heterocycles. The number of benzene rings is 1. The predicted molar refractivity (Wildman–Crippen MR) is 44.9 cm³/mol. The third kappa shape index (κ3) is 1.68. The minimum Gasteiger partial charge on any atom is -0.305 e. The van der Waals surface area contributed by atoms with Crippen LogP contribution in [0.15, 0.2) is 28.5 Å². The van der Waals surface area contributed by atoms with Crippen LogP contribution in [-0.4, -0.2) is 0 Å². The van der Waals surface area contributed by atoms with Crippen LogP contribution < -0.4 is 5.84 Å². The first-order valence-electron chi connectivity index (χ1n) is 3.11. The van der Waals surface area contributed by atoms with E-state index in [0.29, 0.717) is 10.7 Å². The molecule has 0 unspecified atom stereocenters. The van der Waals surface area contributed by atoms with Gasteiger partial charge in [-0.15, -0.1) is 5.11 Å². The molecule has 0 atom stereocenters. The average molecular weight is 170 g/mol. The molecule has 1 aromatic carbocycles. The maximum Gasteiger partial charge on any atom is 0.0918 e. The lowest BCUT2D eigenvalue weighted by Gasteiger charge is -1.98. The zero-order chi connectivity index (χ0) is 8.27. The van der Waals surface area contributed by atoms with Gasteiger partial charge in [0.2, 0.25) is 0 Å². The van der Waals surface area contributed by atoms with Crippen molar-refractivity contribution in [1.29, 1.82) is 0 Å². The van der Waals surface area contributed by atoms with Crippen LogP contribution >= 0.6 is 11.6 Å². The minimum atomic E-state index is 0.676. The highest BCUT2D eigenvalue weighted by Gasteiger charge is 1.98. The third-order valence-electron chi connectivity index (χ3n) is 1.40. The Balaban J connectivity index is 3.16. The van der Waals surface area contributed by atoms with Crippen LogP contribution in [-0.2, 0) is 0 Å². The molecule has 1 rings (SSSR count). The molecule has 2 N–H and O–H groups in total. The van der Waals surface area contributed by atoms with Crippen molar-refractivity contribution in [2.45, 2.75) is 6.92 Å². The zero-order valence-electron chi connectivity index (χ0n) is 6.08. The molecular weight excluding hydrogens is 162 g/mol. The van der Waals surface area contributed by atoms with Gasteiger partial charge in [0.05, 0.1) is 5.69 Å². The van der Waals surface area contributed by atoms with Crippen LogP contribution in [0.25, 0.3) is 0 Å². The van der Waals surface area contributed by atoms with E-state index < -0.39 is 0 Å². The smallest absolute Gasteiger partial charge is 0.0918 e. The molecule has 0 radical (unpaired) electrons. The summed E-state index contributed by atoms with van der Waals surface area (Å²) in [6.45, 7) is 1.87. The van der Waals surface area contributed by atoms with Crippen LogP contribution in [0.2, 0.25) is 5.02 Å². The SMILES string of the molecule is Cc1c(Cl)cccc1N=NN. The summed E-state index contributed by atoms with van der Waals surface area (Å²) in [5.41, 5.74) is 1.60. The van der Waals surface area contributed by atoms with E-state index >= 15 is 0 Å². The molecule has 0 heterocycles. The van der Waals surface area contributed by atoms with Gasteiger partial charge in [-0.2, -0.15) is 0 Å². The van der Waals surface area contributed by atoms with Gasteiger partial charge < -0.3 is 5.84 Å². The zero-order valence-corrected chi connectivity index (χ0v) is 6.84. The monoisotopic (exact) mass is 169 g/mol. The Kier molecular flexibility index (Phi) is 2.44.